The molecule has 2 aliphatic heterocycles. The number of sulfone groups is 1. The summed E-state index contributed by atoms with van der Waals surface area (Å²) in [6.07, 6.45) is 1.89. The molecule has 1 aliphatic carbocycles. The van der Waals surface area contributed by atoms with Gasteiger partial charge >= 0.3 is 0 Å². The molecule has 0 radical (unpaired) electrons. The van der Waals surface area contributed by atoms with Crippen molar-refractivity contribution in [3.05, 3.63) is 29.8 Å². The predicted octanol–water partition coefficient (Wildman–Crippen LogP) is 0.00920. The fourth-order valence-electron chi connectivity index (χ4n) is 3.64. The third-order valence-electron chi connectivity index (χ3n) is 5.02. The maximum atomic E-state index is 12.8. The average Bonchev–Trinajstić information content (AvgIpc) is 3.31. The largest absolute Gasteiger partial charge is 0.334 e. The smallest absolute Gasteiger partial charge is 0.269 e. The molecule has 0 unspecified atom stereocenters. The van der Waals surface area contributed by atoms with E-state index >= 15 is 0 Å². The van der Waals surface area contributed by atoms with Crippen LogP contribution >= 0.6 is 0 Å². The molecular weight excluding hydrogens is 380 g/mol. The van der Waals surface area contributed by atoms with Crippen molar-refractivity contribution in [2.24, 2.45) is 0 Å². The molecule has 0 spiro atoms. The number of benzene rings is 1. The van der Waals surface area contributed by atoms with E-state index in [-0.39, 0.29) is 28.0 Å². The summed E-state index contributed by atoms with van der Waals surface area (Å²) >= 11 is 0. The lowest BCUT2D eigenvalue weighted by Crippen LogP contribution is -2.48. The first kappa shape index (κ1) is 17.5. The lowest BCUT2D eigenvalue weighted by Gasteiger charge is -2.29. The Labute approximate surface area is 151 Å². The van der Waals surface area contributed by atoms with Crippen LogP contribution in [0.15, 0.2) is 29.2 Å². The summed E-state index contributed by atoms with van der Waals surface area (Å²) in [7, 11) is -7.23. The Morgan fingerprint density at radius 1 is 1.08 bits per heavy atom. The van der Waals surface area contributed by atoms with E-state index in [1.54, 1.807) is 6.07 Å². The fourth-order valence-corrected chi connectivity index (χ4v) is 6.87. The van der Waals surface area contributed by atoms with Crippen molar-refractivity contribution >= 4 is 31.7 Å². The van der Waals surface area contributed by atoms with Gasteiger partial charge < -0.3 is 4.90 Å². The van der Waals surface area contributed by atoms with Gasteiger partial charge in [-0.05, 0) is 31.4 Å². The number of amides is 2. The van der Waals surface area contributed by atoms with Gasteiger partial charge in [0.2, 0.25) is 5.91 Å². The number of hydrogen-bond donors (Lipinski definition) is 0. The van der Waals surface area contributed by atoms with Crippen LogP contribution in [-0.2, 0) is 24.7 Å². The number of nitrogens with zero attached hydrogens (tertiary/aromatic N) is 2. The van der Waals surface area contributed by atoms with Gasteiger partial charge in [-0.2, -0.15) is 0 Å². The summed E-state index contributed by atoms with van der Waals surface area (Å²) in [4.78, 5) is 26.7. The van der Waals surface area contributed by atoms with Crippen molar-refractivity contribution in [3.8, 4) is 0 Å². The lowest BCUT2D eigenvalue weighted by molar-refractivity contribution is -0.133. The Hall–Kier alpha value is -1.94. The molecule has 0 bridgehead atoms. The first-order valence-corrected chi connectivity index (χ1v) is 11.6. The van der Waals surface area contributed by atoms with E-state index in [4.69, 9.17) is 0 Å². The highest BCUT2D eigenvalue weighted by Crippen LogP contribution is 2.34. The van der Waals surface area contributed by atoms with E-state index in [9.17, 15) is 26.4 Å². The van der Waals surface area contributed by atoms with Gasteiger partial charge in [-0.25, -0.2) is 21.1 Å². The topological polar surface area (TPSA) is 109 Å². The van der Waals surface area contributed by atoms with Crippen molar-refractivity contribution in [2.45, 2.75) is 36.2 Å². The minimum Gasteiger partial charge on any atom is -0.334 e. The van der Waals surface area contributed by atoms with Crippen molar-refractivity contribution in [3.63, 3.8) is 0 Å². The minimum absolute atomic E-state index is 0.0283. The van der Waals surface area contributed by atoms with E-state index in [0.29, 0.717) is 10.7 Å². The van der Waals surface area contributed by atoms with E-state index in [2.05, 4.69) is 0 Å². The molecule has 10 heteroatoms. The molecule has 2 heterocycles. The van der Waals surface area contributed by atoms with Gasteiger partial charge in [0.05, 0.1) is 17.1 Å². The zero-order valence-corrected chi connectivity index (χ0v) is 15.5. The number of sulfonamides is 1. The Balaban J connectivity index is 1.59. The third kappa shape index (κ3) is 2.81. The average molecular weight is 398 g/mol. The van der Waals surface area contributed by atoms with Crippen LogP contribution in [0.4, 0.5) is 0 Å². The van der Waals surface area contributed by atoms with Gasteiger partial charge in [0.1, 0.15) is 11.4 Å². The molecule has 140 valence electrons. The molecule has 26 heavy (non-hydrogen) atoms. The summed E-state index contributed by atoms with van der Waals surface area (Å²) in [5, 5.41) is 0. The molecule has 1 aromatic carbocycles. The van der Waals surface area contributed by atoms with Gasteiger partial charge in [0, 0.05) is 12.1 Å². The van der Waals surface area contributed by atoms with E-state index in [0.717, 1.165) is 12.8 Å². The number of rotatable bonds is 4. The second kappa shape index (κ2) is 5.78. The number of hydrogen-bond acceptors (Lipinski definition) is 6. The minimum atomic E-state index is -4.06. The summed E-state index contributed by atoms with van der Waals surface area (Å²) in [6, 6.07) is 5.34. The van der Waals surface area contributed by atoms with Crippen LogP contribution in [0.1, 0.15) is 29.6 Å². The van der Waals surface area contributed by atoms with E-state index in [1.807, 2.05) is 0 Å². The first-order valence-electron chi connectivity index (χ1n) is 8.38. The Morgan fingerprint density at radius 3 is 2.35 bits per heavy atom. The van der Waals surface area contributed by atoms with Gasteiger partial charge in [-0.1, -0.05) is 12.1 Å². The molecule has 0 aromatic heterocycles. The van der Waals surface area contributed by atoms with Gasteiger partial charge in [0.15, 0.2) is 9.84 Å². The molecule has 0 N–H and O–H groups in total. The number of fused-ring (bicyclic) bond motifs is 1. The molecule has 4 rings (SSSR count). The molecule has 1 saturated heterocycles. The van der Waals surface area contributed by atoms with Crippen LogP contribution in [-0.4, -0.2) is 68.0 Å². The highest BCUT2D eigenvalue weighted by molar-refractivity contribution is 7.91. The molecule has 1 saturated carbocycles. The molecule has 8 nitrogen and oxygen atoms in total. The Bertz CT molecular complexity index is 997. The maximum absolute atomic E-state index is 12.8. The quantitative estimate of drug-likeness (QED) is 0.707. The number of carbonyl (C=O) groups is 2. The highest BCUT2D eigenvalue weighted by atomic mass is 32.2. The van der Waals surface area contributed by atoms with Crippen LogP contribution in [0.25, 0.3) is 0 Å². The second-order valence-corrected chi connectivity index (χ2v) is 11.0. The maximum Gasteiger partial charge on any atom is 0.269 e. The van der Waals surface area contributed by atoms with Crippen LogP contribution in [0.3, 0.4) is 0 Å². The molecule has 1 aromatic rings. The van der Waals surface area contributed by atoms with Crippen molar-refractivity contribution in [1.29, 1.82) is 0 Å². The first-order chi connectivity index (χ1) is 12.2. The monoisotopic (exact) mass is 398 g/mol. The van der Waals surface area contributed by atoms with Crippen molar-refractivity contribution in [2.75, 3.05) is 18.1 Å². The SMILES string of the molecule is O=C(CN1C(=O)c2ccccc2S1(=O)=O)N(C1CC1)[C@@H]1CCS(=O)(=O)C1. The van der Waals surface area contributed by atoms with E-state index in [1.165, 1.54) is 23.1 Å². The van der Waals surface area contributed by atoms with Gasteiger partial charge in [0.25, 0.3) is 15.9 Å². The van der Waals surface area contributed by atoms with Crippen LogP contribution in [0.5, 0.6) is 0 Å². The predicted molar refractivity (Wildman–Crippen MR) is 91.6 cm³/mol. The zero-order chi connectivity index (χ0) is 18.7. The molecule has 2 fully saturated rings. The van der Waals surface area contributed by atoms with Crippen molar-refractivity contribution < 1.29 is 26.4 Å². The van der Waals surface area contributed by atoms with Gasteiger partial charge in [-0.15, -0.1) is 0 Å². The Kier molecular flexibility index (Phi) is 3.88. The molecule has 1 atom stereocenters. The molecule has 3 aliphatic rings. The van der Waals surface area contributed by atoms with Crippen LogP contribution < -0.4 is 0 Å². The zero-order valence-electron chi connectivity index (χ0n) is 13.9. The fraction of sp³-hybridized carbons (Fsp3) is 0.500. The van der Waals surface area contributed by atoms with Crippen LogP contribution in [0.2, 0.25) is 0 Å². The summed E-state index contributed by atoms with van der Waals surface area (Å²) in [5.74, 6) is -1.31. The normalized spacial score (nSPS) is 25.9. The molecular formula is C16H18N2O6S2. The number of carbonyl (C=O) groups excluding carboxylic acids is 2. The summed E-state index contributed by atoms with van der Waals surface area (Å²) in [5.41, 5.74) is 0.0571. The second-order valence-electron chi connectivity index (χ2n) is 6.90. The van der Waals surface area contributed by atoms with Crippen molar-refractivity contribution in [1.82, 2.24) is 9.21 Å². The Morgan fingerprint density at radius 2 is 1.77 bits per heavy atom. The summed E-state index contributed by atoms with van der Waals surface area (Å²) < 4.78 is 49.3. The molecule has 2 amide bonds. The van der Waals surface area contributed by atoms with Crippen LogP contribution in [0, 0.1) is 0 Å². The lowest BCUT2D eigenvalue weighted by atomic mass is 10.2. The highest BCUT2D eigenvalue weighted by Gasteiger charge is 2.46. The standard InChI is InChI=1S/C16H18N2O6S2/c19-15(18(11-5-6-11)12-7-8-25(21,22)10-12)9-17-16(20)13-3-1-2-4-14(13)26(17,23)24/h1-4,11-12H,5-10H2/t12-/m1/s1. The summed E-state index contributed by atoms with van der Waals surface area (Å²) in [6.45, 7) is -0.594. The third-order valence-corrected chi connectivity index (χ3v) is 8.56. The van der Waals surface area contributed by atoms with E-state index < -0.39 is 44.3 Å². The van der Waals surface area contributed by atoms with Gasteiger partial charge in [-0.3, -0.25) is 9.59 Å².